The van der Waals surface area contributed by atoms with E-state index in [9.17, 15) is 14.9 Å². The van der Waals surface area contributed by atoms with E-state index in [1.165, 1.54) is 18.6 Å². The summed E-state index contributed by atoms with van der Waals surface area (Å²) >= 11 is 0. The third-order valence-corrected chi connectivity index (χ3v) is 4.97. The highest BCUT2D eigenvalue weighted by atomic mass is 16.6. The largest absolute Gasteiger partial charge is 0.352 e. The van der Waals surface area contributed by atoms with E-state index in [4.69, 9.17) is 0 Å². The van der Waals surface area contributed by atoms with Crippen molar-refractivity contribution in [1.82, 2.24) is 5.32 Å². The Kier molecular flexibility index (Phi) is 5.74. The van der Waals surface area contributed by atoms with E-state index in [-0.39, 0.29) is 17.5 Å². The second-order valence-electron chi connectivity index (χ2n) is 7.07. The lowest BCUT2D eigenvalue weighted by Gasteiger charge is -2.36. The van der Waals surface area contributed by atoms with Gasteiger partial charge in [-0.3, -0.25) is 14.9 Å². The number of rotatable bonds is 5. The highest BCUT2D eigenvalue weighted by Crippen LogP contribution is 2.38. The van der Waals surface area contributed by atoms with Crippen LogP contribution < -0.4 is 5.32 Å². The Bertz CT molecular complexity index is 554. The first kappa shape index (κ1) is 17.4. The lowest BCUT2D eigenvalue weighted by atomic mass is 9.70. The summed E-state index contributed by atoms with van der Waals surface area (Å²) in [5.74, 6) is 1.76. The fourth-order valence-corrected chi connectivity index (χ4v) is 3.56. The van der Waals surface area contributed by atoms with Gasteiger partial charge in [-0.1, -0.05) is 39.3 Å². The molecule has 1 saturated carbocycles. The first-order valence-electron chi connectivity index (χ1n) is 8.39. The molecular weight excluding hydrogens is 292 g/mol. The summed E-state index contributed by atoms with van der Waals surface area (Å²) in [6.07, 6.45) is 3.28. The molecule has 3 atom stereocenters. The molecule has 5 nitrogen and oxygen atoms in total. The molecule has 126 valence electrons. The molecule has 1 aliphatic carbocycles. The number of hydrogen-bond donors (Lipinski definition) is 1. The molecule has 1 N–H and O–H groups in total. The van der Waals surface area contributed by atoms with Crippen molar-refractivity contribution in [1.29, 1.82) is 0 Å². The van der Waals surface area contributed by atoms with Gasteiger partial charge in [-0.2, -0.15) is 0 Å². The van der Waals surface area contributed by atoms with Gasteiger partial charge < -0.3 is 5.32 Å². The molecule has 0 aromatic heterocycles. The highest BCUT2D eigenvalue weighted by molar-refractivity contribution is 5.79. The van der Waals surface area contributed by atoms with E-state index in [2.05, 4.69) is 26.1 Å². The topological polar surface area (TPSA) is 72.2 Å². The van der Waals surface area contributed by atoms with Crippen LogP contribution in [0, 0.1) is 33.8 Å². The van der Waals surface area contributed by atoms with Gasteiger partial charge in [-0.05, 0) is 36.2 Å². The number of non-ortho nitro benzene ring substituents is 1. The van der Waals surface area contributed by atoms with Gasteiger partial charge in [0.05, 0.1) is 4.92 Å². The molecule has 1 aromatic rings. The maximum Gasteiger partial charge on any atom is 0.269 e. The summed E-state index contributed by atoms with van der Waals surface area (Å²) < 4.78 is 0. The predicted molar refractivity (Wildman–Crippen MR) is 89.8 cm³/mol. The van der Waals surface area contributed by atoms with Gasteiger partial charge in [0.1, 0.15) is 0 Å². The van der Waals surface area contributed by atoms with Crippen molar-refractivity contribution in [3.05, 3.63) is 39.9 Å². The standard InChI is InChI=1S/C18H26N2O3/c1-12(2)16-9-4-13(3)10-17(16)18(21)19-11-14-5-7-15(8-6-14)20(22)23/h5-8,12-13,16-17H,4,9-11H2,1-3H3,(H,19,21)/t13-,16+,17?/m1/s1. The normalized spacial score (nSPS) is 24.4. The van der Waals surface area contributed by atoms with Crippen LogP contribution >= 0.6 is 0 Å². The number of nitrogens with one attached hydrogen (secondary N) is 1. The van der Waals surface area contributed by atoms with Crippen LogP contribution in [0.3, 0.4) is 0 Å². The quantitative estimate of drug-likeness (QED) is 0.660. The summed E-state index contributed by atoms with van der Waals surface area (Å²) in [5.41, 5.74) is 0.954. The van der Waals surface area contributed by atoms with Gasteiger partial charge in [0.15, 0.2) is 0 Å². The van der Waals surface area contributed by atoms with Crippen LogP contribution in [-0.4, -0.2) is 10.8 Å². The molecule has 0 saturated heterocycles. The first-order valence-corrected chi connectivity index (χ1v) is 8.39. The number of nitrogens with zero attached hydrogens (tertiary/aromatic N) is 1. The molecule has 0 aliphatic heterocycles. The van der Waals surface area contributed by atoms with Crippen molar-refractivity contribution >= 4 is 11.6 Å². The van der Waals surface area contributed by atoms with Crippen LogP contribution in [0.15, 0.2) is 24.3 Å². The number of amides is 1. The van der Waals surface area contributed by atoms with E-state index in [0.29, 0.717) is 24.3 Å². The lowest BCUT2D eigenvalue weighted by molar-refractivity contribution is -0.384. The lowest BCUT2D eigenvalue weighted by Crippen LogP contribution is -2.39. The Morgan fingerprint density at radius 2 is 1.96 bits per heavy atom. The van der Waals surface area contributed by atoms with Gasteiger partial charge in [-0.25, -0.2) is 0 Å². The Balaban J connectivity index is 1.95. The molecule has 0 heterocycles. The molecule has 1 amide bonds. The summed E-state index contributed by atoms with van der Waals surface area (Å²) in [7, 11) is 0. The van der Waals surface area contributed by atoms with Crippen molar-refractivity contribution in [2.45, 2.75) is 46.6 Å². The molecular formula is C18H26N2O3. The summed E-state index contributed by atoms with van der Waals surface area (Å²) in [6, 6.07) is 6.34. The molecule has 1 aromatic carbocycles. The summed E-state index contributed by atoms with van der Waals surface area (Å²) in [5, 5.41) is 13.7. The molecule has 2 rings (SSSR count). The molecule has 1 aliphatic rings. The van der Waals surface area contributed by atoms with Gasteiger partial charge in [0.25, 0.3) is 5.69 Å². The molecule has 1 fully saturated rings. The Morgan fingerprint density at radius 3 is 2.52 bits per heavy atom. The van der Waals surface area contributed by atoms with Gasteiger partial charge in [0.2, 0.25) is 5.91 Å². The van der Waals surface area contributed by atoms with Crippen LogP contribution in [0.2, 0.25) is 0 Å². The second-order valence-corrected chi connectivity index (χ2v) is 7.07. The molecule has 23 heavy (non-hydrogen) atoms. The molecule has 1 unspecified atom stereocenters. The van der Waals surface area contributed by atoms with E-state index >= 15 is 0 Å². The number of nitro benzene ring substituents is 1. The van der Waals surface area contributed by atoms with Crippen LogP contribution in [0.4, 0.5) is 5.69 Å². The number of nitro groups is 1. The molecule has 0 spiro atoms. The van der Waals surface area contributed by atoms with E-state index in [1.807, 2.05) is 0 Å². The average molecular weight is 318 g/mol. The second kappa shape index (κ2) is 7.57. The third-order valence-electron chi connectivity index (χ3n) is 4.97. The Hall–Kier alpha value is -1.91. The van der Waals surface area contributed by atoms with Gasteiger partial charge in [-0.15, -0.1) is 0 Å². The van der Waals surface area contributed by atoms with Gasteiger partial charge >= 0.3 is 0 Å². The van der Waals surface area contributed by atoms with E-state index < -0.39 is 4.92 Å². The maximum absolute atomic E-state index is 12.6. The maximum atomic E-state index is 12.6. The van der Waals surface area contributed by atoms with Crippen molar-refractivity contribution in [3.8, 4) is 0 Å². The van der Waals surface area contributed by atoms with E-state index in [0.717, 1.165) is 18.4 Å². The van der Waals surface area contributed by atoms with Crippen molar-refractivity contribution in [2.24, 2.45) is 23.7 Å². The zero-order chi connectivity index (χ0) is 17.0. The smallest absolute Gasteiger partial charge is 0.269 e. The number of hydrogen-bond acceptors (Lipinski definition) is 3. The number of carbonyl (C=O) groups excluding carboxylic acids is 1. The van der Waals surface area contributed by atoms with Crippen molar-refractivity contribution < 1.29 is 9.72 Å². The zero-order valence-electron chi connectivity index (χ0n) is 14.1. The molecule has 0 radical (unpaired) electrons. The first-order chi connectivity index (χ1) is 10.9. The molecule has 5 heteroatoms. The fourth-order valence-electron chi connectivity index (χ4n) is 3.56. The minimum atomic E-state index is -0.418. The highest BCUT2D eigenvalue weighted by Gasteiger charge is 2.35. The van der Waals surface area contributed by atoms with Crippen LogP contribution in [0.1, 0.15) is 45.6 Å². The third kappa shape index (κ3) is 4.53. The van der Waals surface area contributed by atoms with Gasteiger partial charge in [0, 0.05) is 24.6 Å². The number of benzene rings is 1. The fraction of sp³-hybridized carbons (Fsp3) is 0.611. The van der Waals surface area contributed by atoms with Crippen LogP contribution in [0.25, 0.3) is 0 Å². The van der Waals surface area contributed by atoms with Crippen LogP contribution in [0.5, 0.6) is 0 Å². The summed E-state index contributed by atoms with van der Waals surface area (Å²) in [4.78, 5) is 22.8. The number of carbonyl (C=O) groups is 1. The zero-order valence-corrected chi connectivity index (χ0v) is 14.1. The predicted octanol–water partition coefficient (Wildman–Crippen LogP) is 3.92. The Morgan fingerprint density at radius 1 is 1.30 bits per heavy atom. The van der Waals surface area contributed by atoms with Crippen molar-refractivity contribution in [3.63, 3.8) is 0 Å². The summed E-state index contributed by atoms with van der Waals surface area (Å²) in [6.45, 7) is 7.02. The Labute approximate surface area is 137 Å². The monoisotopic (exact) mass is 318 g/mol. The average Bonchev–Trinajstić information content (AvgIpc) is 2.52. The minimum absolute atomic E-state index is 0.0704. The SMILES string of the molecule is CC(C)[C@@H]1CC[C@@H](C)CC1C(=O)NCc1ccc([N+](=O)[O-])cc1. The van der Waals surface area contributed by atoms with Crippen molar-refractivity contribution in [2.75, 3.05) is 0 Å². The van der Waals surface area contributed by atoms with Crippen LogP contribution in [-0.2, 0) is 11.3 Å². The molecule has 0 bridgehead atoms. The van der Waals surface area contributed by atoms with E-state index in [1.54, 1.807) is 12.1 Å². The minimum Gasteiger partial charge on any atom is -0.352 e.